The van der Waals surface area contributed by atoms with E-state index in [9.17, 15) is 4.79 Å². The normalized spacial score (nSPS) is 10.9. The Balaban J connectivity index is 1.79. The number of likely N-dealkylation sites (N-methyl/N-ethyl adjacent to an activating group) is 1. The van der Waals surface area contributed by atoms with Gasteiger partial charge in [0.2, 0.25) is 5.91 Å². The molecule has 3 rings (SSSR count). The van der Waals surface area contributed by atoms with Crippen molar-refractivity contribution in [2.75, 3.05) is 23.8 Å². The van der Waals surface area contributed by atoms with Gasteiger partial charge in [-0.05, 0) is 44.9 Å². The van der Waals surface area contributed by atoms with Crippen molar-refractivity contribution in [3.05, 3.63) is 53.0 Å². The van der Waals surface area contributed by atoms with Crippen LogP contribution < -0.4 is 10.2 Å². The quantitative estimate of drug-likeness (QED) is 0.795. The number of nitrogens with one attached hydrogen (secondary N) is 1. The van der Waals surface area contributed by atoms with Crippen LogP contribution in [0.2, 0.25) is 0 Å². The van der Waals surface area contributed by atoms with E-state index in [4.69, 9.17) is 0 Å². The Hall–Kier alpha value is -2.89. The van der Waals surface area contributed by atoms with Gasteiger partial charge < -0.3 is 10.2 Å². The lowest BCUT2D eigenvalue weighted by Crippen LogP contribution is -2.31. The Morgan fingerprint density at radius 3 is 2.52 bits per heavy atom. The van der Waals surface area contributed by atoms with Gasteiger partial charge in [-0.3, -0.25) is 4.79 Å². The SMILES string of the molecule is Cc1cc(C)c(NC(=O)CN(C)c2nccn3nc(C)cc23)c(C)c1. The maximum Gasteiger partial charge on any atom is 0.243 e. The summed E-state index contributed by atoms with van der Waals surface area (Å²) in [5.41, 5.74) is 6.02. The van der Waals surface area contributed by atoms with Crippen LogP contribution in [0.15, 0.2) is 30.6 Å². The number of rotatable bonds is 4. The molecule has 0 spiro atoms. The molecule has 2 aromatic heterocycles. The van der Waals surface area contributed by atoms with Crippen molar-refractivity contribution >= 4 is 22.9 Å². The molecule has 0 saturated carbocycles. The van der Waals surface area contributed by atoms with E-state index in [1.165, 1.54) is 5.56 Å². The first-order chi connectivity index (χ1) is 11.8. The van der Waals surface area contributed by atoms with Gasteiger partial charge in [0.05, 0.1) is 12.2 Å². The number of aromatic nitrogens is 3. The zero-order chi connectivity index (χ0) is 18.1. The number of carbonyl (C=O) groups is 1. The fourth-order valence-corrected chi connectivity index (χ4v) is 3.17. The molecule has 2 heterocycles. The predicted octanol–water partition coefficient (Wildman–Crippen LogP) is 3.04. The number of amides is 1. The number of fused-ring (bicyclic) bond motifs is 1. The summed E-state index contributed by atoms with van der Waals surface area (Å²) in [5.74, 6) is 0.660. The summed E-state index contributed by atoms with van der Waals surface area (Å²) < 4.78 is 1.78. The van der Waals surface area contributed by atoms with E-state index in [0.717, 1.165) is 33.8 Å². The van der Waals surface area contributed by atoms with E-state index in [0.29, 0.717) is 0 Å². The van der Waals surface area contributed by atoms with Crippen LogP contribution in [0, 0.1) is 27.7 Å². The molecular weight excluding hydrogens is 314 g/mol. The average Bonchev–Trinajstić information content (AvgIpc) is 2.90. The second-order valence-corrected chi connectivity index (χ2v) is 6.54. The number of nitrogens with zero attached hydrogens (tertiary/aromatic N) is 4. The summed E-state index contributed by atoms with van der Waals surface area (Å²) in [4.78, 5) is 18.8. The van der Waals surface area contributed by atoms with E-state index in [2.05, 4.69) is 34.5 Å². The molecule has 130 valence electrons. The largest absolute Gasteiger partial charge is 0.349 e. The molecule has 25 heavy (non-hydrogen) atoms. The van der Waals surface area contributed by atoms with Gasteiger partial charge in [0.15, 0.2) is 5.82 Å². The maximum absolute atomic E-state index is 12.5. The van der Waals surface area contributed by atoms with Gasteiger partial charge in [-0.15, -0.1) is 0 Å². The van der Waals surface area contributed by atoms with Crippen molar-refractivity contribution in [3.8, 4) is 0 Å². The molecule has 3 aromatic rings. The van der Waals surface area contributed by atoms with Crippen LogP contribution >= 0.6 is 0 Å². The highest BCUT2D eigenvalue weighted by Gasteiger charge is 2.15. The molecule has 0 saturated heterocycles. The first kappa shape index (κ1) is 17.0. The molecule has 0 aliphatic heterocycles. The first-order valence-corrected chi connectivity index (χ1v) is 8.25. The third kappa shape index (κ3) is 3.47. The van der Waals surface area contributed by atoms with Gasteiger partial charge in [-0.2, -0.15) is 5.10 Å². The Morgan fingerprint density at radius 1 is 1.16 bits per heavy atom. The summed E-state index contributed by atoms with van der Waals surface area (Å²) in [6.45, 7) is 8.22. The lowest BCUT2D eigenvalue weighted by Gasteiger charge is -2.19. The topological polar surface area (TPSA) is 62.5 Å². The molecule has 6 nitrogen and oxygen atoms in total. The fraction of sp³-hybridized carbons (Fsp3) is 0.316. The molecule has 0 unspecified atom stereocenters. The van der Waals surface area contributed by atoms with Crippen LogP contribution in [0.25, 0.3) is 5.52 Å². The van der Waals surface area contributed by atoms with Gasteiger partial charge in [-0.25, -0.2) is 9.50 Å². The van der Waals surface area contributed by atoms with Crippen molar-refractivity contribution in [2.24, 2.45) is 0 Å². The second kappa shape index (κ2) is 6.55. The predicted molar refractivity (Wildman–Crippen MR) is 100 cm³/mol. The monoisotopic (exact) mass is 337 g/mol. The van der Waals surface area contributed by atoms with Crippen molar-refractivity contribution in [1.82, 2.24) is 14.6 Å². The minimum absolute atomic E-state index is 0.0717. The zero-order valence-corrected chi connectivity index (χ0v) is 15.3. The van der Waals surface area contributed by atoms with Crippen molar-refractivity contribution in [2.45, 2.75) is 27.7 Å². The molecule has 1 amide bonds. The van der Waals surface area contributed by atoms with E-state index in [1.807, 2.05) is 38.8 Å². The third-order valence-corrected chi connectivity index (χ3v) is 4.18. The molecule has 1 aromatic carbocycles. The number of carbonyl (C=O) groups excluding carboxylic acids is 1. The summed E-state index contributed by atoms with van der Waals surface area (Å²) in [7, 11) is 1.86. The van der Waals surface area contributed by atoms with Crippen LogP contribution in [0.1, 0.15) is 22.4 Å². The smallest absolute Gasteiger partial charge is 0.243 e. The molecule has 6 heteroatoms. The summed E-state index contributed by atoms with van der Waals surface area (Å²) >= 11 is 0. The van der Waals surface area contributed by atoms with Crippen LogP contribution in [-0.4, -0.2) is 34.1 Å². The van der Waals surface area contributed by atoms with Crippen LogP contribution in [-0.2, 0) is 4.79 Å². The maximum atomic E-state index is 12.5. The fourth-order valence-electron chi connectivity index (χ4n) is 3.17. The number of hydrogen-bond acceptors (Lipinski definition) is 4. The van der Waals surface area contributed by atoms with E-state index in [1.54, 1.807) is 16.9 Å². The molecule has 0 bridgehead atoms. The lowest BCUT2D eigenvalue weighted by atomic mass is 10.1. The number of anilines is 2. The number of benzene rings is 1. The summed E-state index contributed by atoms with van der Waals surface area (Å²) in [5, 5.41) is 7.41. The summed E-state index contributed by atoms with van der Waals surface area (Å²) in [6, 6.07) is 6.11. The Labute approximate surface area is 147 Å². The average molecular weight is 337 g/mol. The highest BCUT2D eigenvalue weighted by Crippen LogP contribution is 2.22. The van der Waals surface area contributed by atoms with E-state index in [-0.39, 0.29) is 12.5 Å². The summed E-state index contributed by atoms with van der Waals surface area (Å²) in [6.07, 6.45) is 3.50. The number of hydrogen-bond donors (Lipinski definition) is 1. The minimum Gasteiger partial charge on any atom is -0.349 e. The van der Waals surface area contributed by atoms with Crippen molar-refractivity contribution < 1.29 is 4.79 Å². The van der Waals surface area contributed by atoms with Gasteiger partial charge in [0, 0.05) is 25.1 Å². The van der Waals surface area contributed by atoms with Crippen molar-refractivity contribution in [3.63, 3.8) is 0 Å². The van der Waals surface area contributed by atoms with Crippen molar-refractivity contribution in [1.29, 1.82) is 0 Å². The first-order valence-electron chi connectivity index (χ1n) is 8.25. The minimum atomic E-state index is -0.0717. The molecule has 0 radical (unpaired) electrons. The molecular formula is C19H23N5O. The van der Waals surface area contributed by atoms with E-state index >= 15 is 0 Å². The van der Waals surface area contributed by atoms with Crippen LogP contribution in [0.4, 0.5) is 11.5 Å². The van der Waals surface area contributed by atoms with Gasteiger partial charge in [0.25, 0.3) is 0 Å². The van der Waals surface area contributed by atoms with Gasteiger partial charge >= 0.3 is 0 Å². The van der Waals surface area contributed by atoms with E-state index < -0.39 is 0 Å². The van der Waals surface area contributed by atoms with Crippen LogP contribution in [0.3, 0.4) is 0 Å². The third-order valence-electron chi connectivity index (χ3n) is 4.18. The van der Waals surface area contributed by atoms with Crippen LogP contribution in [0.5, 0.6) is 0 Å². The standard InChI is InChI=1S/C19H23N5O/c1-12-8-13(2)18(14(3)9-12)21-17(25)11-23(5)19-16-10-15(4)22-24(16)7-6-20-19/h6-10H,11H2,1-5H3,(H,21,25). The second-order valence-electron chi connectivity index (χ2n) is 6.54. The molecule has 0 fully saturated rings. The lowest BCUT2D eigenvalue weighted by molar-refractivity contribution is -0.114. The zero-order valence-electron chi connectivity index (χ0n) is 15.3. The Bertz CT molecular complexity index is 921. The van der Waals surface area contributed by atoms with Gasteiger partial charge in [0.1, 0.15) is 5.52 Å². The van der Waals surface area contributed by atoms with Gasteiger partial charge in [-0.1, -0.05) is 17.7 Å². The Morgan fingerprint density at radius 2 is 1.84 bits per heavy atom. The Kier molecular flexibility index (Phi) is 4.44. The molecule has 0 aliphatic carbocycles. The number of aryl methyl sites for hydroxylation is 4. The highest BCUT2D eigenvalue weighted by molar-refractivity contribution is 5.95. The highest BCUT2D eigenvalue weighted by atomic mass is 16.2. The molecule has 0 atom stereocenters. The molecule has 0 aliphatic rings. The molecule has 1 N–H and O–H groups in total.